The van der Waals surface area contributed by atoms with E-state index in [0.717, 1.165) is 14.8 Å². The lowest BCUT2D eigenvalue weighted by Gasteiger charge is -2.06. The first kappa shape index (κ1) is 14.7. The van der Waals surface area contributed by atoms with Gasteiger partial charge in [0.2, 0.25) is 0 Å². The Morgan fingerprint density at radius 2 is 2.29 bits per heavy atom. The zero-order valence-electron chi connectivity index (χ0n) is 8.84. The van der Waals surface area contributed by atoms with E-state index in [1.165, 1.54) is 0 Å². The predicted octanol–water partition coefficient (Wildman–Crippen LogP) is 3.30. The van der Waals surface area contributed by atoms with Crippen LogP contribution in [0.25, 0.3) is 0 Å². The van der Waals surface area contributed by atoms with Gasteiger partial charge < -0.3 is 0 Å². The highest BCUT2D eigenvalue weighted by molar-refractivity contribution is 14.1. The minimum atomic E-state index is -0.707. The molecule has 0 amide bonds. The molecule has 0 saturated heterocycles. The fraction of sp³-hybridized carbons (Fsp3) is 0.200. The summed E-state index contributed by atoms with van der Waals surface area (Å²) in [6.07, 6.45) is 0. The number of hydrogen-bond acceptors (Lipinski definition) is 4. The highest BCUT2D eigenvalue weighted by atomic mass is 127. The number of nitrogens with zero attached hydrogens (tertiary/aromatic N) is 1. The normalized spacial score (nSPS) is 11.4. The zero-order valence-corrected chi connectivity index (χ0v) is 12.5. The summed E-state index contributed by atoms with van der Waals surface area (Å²) in [5.74, 6) is 0. The fourth-order valence-corrected chi connectivity index (χ4v) is 1.91. The Morgan fingerprint density at radius 1 is 1.59 bits per heavy atom. The van der Waals surface area contributed by atoms with Crippen LogP contribution in [0.5, 0.6) is 0 Å². The maximum Gasteiger partial charge on any atom is 0.270 e. The van der Waals surface area contributed by atoms with E-state index < -0.39 is 5.24 Å². The third kappa shape index (κ3) is 4.79. The number of halogens is 3. The van der Waals surface area contributed by atoms with Gasteiger partial charge in [0.15, 0.2) is 0 Å². The summed E-state index contributed by atoms with van der Waals surface area (Å²) in [5.41, 5.74) is 4.56. The van der Waals surface area contributed by atoms with E-state index in [0.29, 0.717) is 0 Å². The minimum absolute atomic E-state index is 0.0135. The van der Waals surface area contributed by atoms with Crippen LogP contribution in [0, 0.1) is 10.5 Å². The van der Waals surface area contributed by atoms with Gasteiger partial charge in [-0.1, -0.05) is 0 Å². The molecule has 0 fully saturated rings. The first-order valence-electron chi connectivity index (χ1n) is 4.56. The van der Waals surface area contributed by atoms with Gasteiger partial charge in [0.25, 0.3) is 5.24 Å². The van der Waals surface area contributed by atoms with Gasteiger partial charge in [0, 0.05) is 3.57 Å². The number of hydrogen-bond donors (Lipinski definition) is 1. The molecule has 92 valence electrons. The largest absolute Gasteiger partial charge is 0.278 e. The maximum absolute atomic E-state index is 10.9. The smallest absolute Gasteiger partial charge is 0.270 e. The first-order chi connectivity index (χ1) is 8.04. The van der Waals surface area contributed by atoms with Crippen LogP contribution in [0.3, 0.4) is 0 Å². The van der Waals surface area contributed by atoms with Crippen molar-refractivity contribution < 1.29 is 9.08 Å². The highest BCUT2D eigenvalue weighted by Gasteiger charge is 2.08. The monoisotopic (exact) mass is 386 g/mol. The number of carbonyl (C=O) groups excluding carboxylic acids is 1. The van der Waals surface area contributed by atoms with Crippen molar-refractivity contribution >= 4 is 62.7 Å². The van der Waals surface area contributed by atoms with Crippen LogP contribution >= 0.6 is 46.1 Å². The molecule has 0 aliphatic heterocycles. The summed E-state index contributed by atoms with van der Waals surface area (Å²) in [7, 11) is 0. The highest BCUT2D eigenvalue weighted by Crippen LogP contribution is 2.17. The third-order valence-electron chi connectivity index (χ3n) is 1.92. The SMILES string of the molecule is Cc1cc(I)ccc1N/N=C(\COCl)C(=O)Cl. The summed E-state index contributed by atoms with van der Waals surface area (Å²) in [6, 6.07) is 5.77. The number of carbonyl (C=O) groups is 1. The van der Waals surface area contributed by atoms with Crippen molar-refractivity contribution in [2.75, 3.05) is 12.0 Å². The van der Waals surface area contributed by atoms with E-state index in [1.807, 2.05) is 25.1 Å². The minimum Gasteiger partial charge on any atom is -0.278 e. The Labute approximate surface area is 123 Å². The first-order valence-corrected chi connectivity index (χ1v) is 6.33. The lowest BCUT2D eigenvalue weighted by atomic mass is 10.2. The number of hydrazone groups is 1. The molecule has 4 nitrogen and oxygen atoms in total. The molecular weight excluding hydrogens is 378 g/mol. The van der Waals surface area contributed by atoms with Crippen molar-refractivity contribution in [3.8, 4) is 0 Å². The van der Waals surface area contributed by atoms with E-state index in [4.69, 9.17) is 23.5 Å². The molecule has 0 aliphatic rings. The van der Waals surface area contributed by atoms with Gasteiger partial charge >= 0.3 is 0 Å². The third-order valence-corrected chi connectivity index (χ3v) is 2.92. The summed E-state index contributed by atoms with van der Waals surface area (Å²) < 4.78 is 5.42. The summed E-state index contributed by atoms with van der Waals surface area (Å²) in [5, 5.41) is 3.14. The van der Waals surface area contributed by atoms with Crippen LogP contribution in [0.15, 0.2) is 23.3 Å². The zero-order chi connectivity index (χ0) is 12.8. The topological polar surface area (TPSA) is 50.7 Å². The number of aryl methyl sites for hydroxylation is 1. The number of rotatable bonds is 5. The van der Waals surface area contributed by atoms with Gasteiger partial charge in [-0.15, -0.1) is 0 Å². The Hall–Kier alpha value is -0.370. The molecule has 0 saturated carbocycles. The van der Waals surface area contributed by atoms with Gasteiger partial charge in [-0.2, -0.15) is 5.10 Å². The molecular formula is C10H9Cl2IN2O2. The van der Waals surface area contributed by atoms with E-state index in [9.17, 15) is 4.79 Å². The molecule has 0 bridgehead atoms. The van der Waals surface area contributed by atoms with Crippen LogP contribution in [-0.2, 0) is 9.08 Å². The second-order valence-corrected chi connectivity index (χ2v) is 4.96. The average molecular weight is 387 g/mol. The van der Waals surface area contributed by atoms with Gasteiger partial charge in [-0.3, -0.25) is 14.5 Å². The van der Waals surface area contributed by atoms with Gasteiger partial charge in [-0.05, 0) is 64.9 Å². The van der Waals surface area contributed by atoms with Crippen LogP contribution in [0.4, 0.5) is 5.69 Å². The lowest BCUT2D eigenvalue weighted by molar-refractivity contribution is -0.106. The Bertz CT molecular complexity index is 452. The molecule has 1 N–H and O–H groups in total. The Kier molecular flexibility index (Phi) is 6.18. The van der Waals surface area contributed by atoms with Crippen molar-refractivity contribution in [3.05, 3.63) is 27.3 Å². The fourth-order valence-electron chi connectivity index (χ4n) is 1.06. The molecule has 0 heterocycles. The summed E-state index contributed by atoms with van der Waals surface area (Å²) in [6.45, 7) is 1.78. The van der Waals surface area contributed by atoms with Crippen molar-refractivity contribution in [2.24, 2.45) is 5.10 Å². The predicted molar refractivity (Wildman–Crippen MR) is 77.6 cm³/mol. The molecule has 1 aromatic rings. The second-order valence-electron chi connectivity index (χ2n) is 3.16. The number of anilines is 1. The number of benzene rings is 1. The Balaban J connectivity index is 2.83. The molecule has 1 aromatic carbocycles. The van der Waals surface area contributed by atoms with Gasteiger partial charge in [-0.25, -0.2) is 0 Å². The number of nitrogens with one attached hydrogen (secondary N) is 1. The molecule has 1 rings (SSSR count). The molecule has 7 heteroatoms. The average Bonchev–Trinajstić information content (AvgIpc) is 2.25. The van der Waals surface area contributed by atoms with Gasteiger partial charge in [0.05, 0.1) is 17.6 Å². The van der Waals surface area contributed by atoms with Gasteiger partial charge in [0.1, 0.15) is 12.3 Å². The van der Waals surface area contributed by atoms with Crippen LogP contribution < -0.4 is 5.43 Å². The van der Waals surface area contributed by atoms with E-state index in [1.54, 1.807) is 0 Å². The molecule has 17 heavy (non-hydrogen) atoms. The summed E-state index contributed by atoms with van der Waals surface area (Å²) in [4.78, 5) is 10.9. The molecule has 0 unspecified atom stereocenters. The molecule has 0 aromatic heterocycles. The quantitative estimate of drug-likeness (QED) is 0.365. The van der Waals surface area contributed by atoms with E-state index in [-0.39, 0.29) is 12.3 Å². The van der Waals surface area contributed by atoms with Crippen LogP contribution in [-0.4, -0.2) is 17.6 Å². The summed E-state index contributed by atoms with van der Waals surface area (Å²) >= 11 is 12.6. The van der Waals surface area contributed by atoms with Crippen molar-refractivity contribution in [3.63, 3.8) is 0 Å². The molecule has 0 spiro atoms. The van der Waals surface area contributed by atoms with Crippen molar-refractivity contribution in [1.29, 1.82) is 0 Å². The maximum atomic E-state index is 10.9. The van der Waals surface area contributed by atoms with E-state index >= 15 is 0 Å². The molecule has 0 radical (unpaired) electrons. The van der Waals surface area contributed by atoms with Crippen molar-refractivity contribution in [2.45, 2.75) is 6.92 Å². The lowest BCUT2D eigenvalue weighted by Crippen LogP contribution is -2.15. The van der Waals surface area contributed by atoms with Crippen LogP contribution in [0.1, 0.15) is 5.56 Å². The van der Waals surface area contributed by atoms with Crippen LogP contribution in [0.2, 0.25) is 0 Å². The van der Waals surface area contributed by atoms with E-state index in [2.05, 4.69) is 37.4 Å². The molecule has 0 atom stereocenters. The second kappa shape index (κ2) is 7.15. The standard InChI is InChI=1S/C10H9Cl2IN2O2/c1-6-4-7(13)2-3-8(6)14-15-9(5-17-12)10(11)16/h2-4,14H,5H2,1H3/b15-9+. The van der Waals surface area contributed by atoms with Crippen molar-refractivity contribution in [1.82, 2.24) is 0 Å². The Morgan fingerprint density at radius 3 is 2.82 bits per heavy atom. The molecule has 0 aliphatic carbocycles.